The average Bonchev–Trinajstić information content (AvgIpc) is 3.42. The molecule has 2 heterocycles. The van der Waals surface area contributed by atoms with Crippen LogP contribution in [0.4, 0.5) is 5.69 Å². The van der Waals surface area contributed by atoms with Gasteiger partial charge in [-0.2, -0.15) is 0 Å². The molecule has 0 spiro atoms. The van der Waals surface area contributed by atoms with Crippen molar-refractivity contribution in [1.29, 1.82) is 0 Å². The summed E-state index contributed by atoms with van der Waals surface area (Å²) in [5.74, 6) is -0.183. The Balaban J connectivity index is 1.24. The van der Waals surface area contributed by atoms with E-state index in [-0.39, 0.29) is 24.1 Å². The van der Waals surface area contributed by atoms with Gasteiger partial charge in [-0.15, -0.1) is 0 Å². The highest BCUT2D eigenvalue weighted by atomic mass is 16.5. The van der Waals surface area contributed by atoms with E-state index in [0.717, 1.165) is 16.6 Å². The molecule has 3 amide bonds. The number of rotatable bonds is 7. The largest absolute Gasteiger partial charge is 0.497 e. The van der Waals surface area contributed by atoms with Crippen LogP contribution in [0.2, 0.25) is 0 Å². The lowest BCUT2D eigenvalue weighted by molar-refractivity contribution is -0.126. The standard InChI is InChI=1S/C23H24N4O4/c1-31-19-6-4-18(5-7-19)27-14-17(13-21(27)28)23(30)26-11-10-25-22(29)16-3-2-15-8-9-24-20(15)12-16/h2-9,12,17,24H,10-11,13-14H2,1H3,(H,25,29)(H,26,30). The van der Waals surface area contributed by atoms with Crippen molar-refractivity contribution in [3.05, 3.63) is 60.3 Å². The SMILES string of the molecule is COc1ccc(N2CC(C(=O)NCCNC(=O)c3ccc4cc[nH]c4c3)CC2=O)cc1. The van der Waals surface area contributed by atoms with E-state index in [1.165, 1.54) is 0 Å². The maximum absolute atomic E-state index is 12.5. The fraction of sp³-hybridized carbons (Fsp3) is 0.261. The summed E-state index contributed by atoms with van der Waals surface area (Å²) in [6.45, 7) is 0.929. The number of benzene rings is 2. The number of aromatic amines is 1. The topological polar surface area (TPSA) is 104 Å². The van der Waals surface area contributed by atoms with Crippen LogP contribution in [0.3, 0.4) is 0 Å². The molecule has 3 aromatic rings. The van der Waals surface area contributed by atoms with Crippen LogP contribution in [0.1, 0.15) is 16.8 Å². The third kappa shape index (κ3) is 4.53. The molecule has 8 heteroatoms. The van der Waals surface area contributed by atoms with Crippen LogP contribution in [-0.4, -0.2) is 49.4 Å². The van der Waals surface area contributed by atoms with Gasteiger partial charge in [0.25, 0.3) is 5.91 Å². The van der Waals surface area contributed by atoms with Crippen LogP contribution >= 0.6 is 0 Å². The number of hydrogen-bond donors (Lipinski definition) is 3. The summed E-state index contributed by atoms with van der Waals surface area (Å²) in [5, 5.41) is 6.65. The molecule has 1 saturated heterocycles. The summed E-state index contributed by atoms with van der Waals surface area (Å²) in [6, 6.07) is 14.6. The number of aromatic nitrogens is 1. The summed E-state index contributed by atoms with van der Waals surface area (Å²) < 4.78 is 5.13. The van der Waals surface area contributed by atoms with Crippen LogP contribution in [0.5, 0.6) is 5.75 Å². The number of fused-ring (bicyclic) bond motifs is 1. The zero-order chi connectivity index (χ0) is 21.8. The molecule has 31 heavy (non-hydrogen) atoms. The van der Waals surface area contributed by atoms with E-state index in [0.29, 0.717) is 30.9 Å². The van der Waals surface area contributed by atoms with Gasteiger partial charge in [0, 0.05) is 49.0 Å². The Labute approximate surface area is 179 Å². The zero-order valence-corrected chi connectivity index (χ0v) is 17.2. The van der Waals surface area contributed by atoms with Crippen molar-refractivity contribution in [2.45, 2.75) is 6.42 Å². The van der Waals surface area contributed by atoms with E-state index in [9.17, 15) is 14.4 Å². The van der Waals surface area contributed by atoms with Gasteiger partial charge in [0.2, 0.25) is 11.8 Å². The zero-order valence-electron chi connectivity index (χ0n) is 17.2. The van der Waals surface area contributed by atoms with Crippen molar-refractivity contribution in [1.82, 2.24) is 15.6 Å². The van der Waals surface area contributed by atoms with Crippen molar-refractivity contribution >= 4 is 34.3 Å². The number of nitrogens with one attached hydrogen (secondary N) is 3. The van der Waals surface area contributed by atoms with Crippen molar-refractivity contribution in [2.75, 3.05) is 31.6 Å². The Morgan fingerprint density at radius 1 is 1.10 bits per heavy atom. The van der Waals surface area contributed by atoms with Crippen LogP contribution < -0.4 is 20.3 Å². The molecule has 0 saturated carbocycles. The fourth-order valence-corrected chi connectivity index (χ4v) is 3.69. The number of methoxy groups -OCH3 is 1. The molecule has 0 radical (unpaired) electrons. The van der Waals surface area contributed by atoms with Gasteiger partial charge in [0.1, 0.15) is 5.75 Å². The first-order valence-electron chi connectivity index (χ1n) is 10.1. The lowest BCUT2D eigenvalue weighted by Crippen LogP contribution is -2.38. The molecule has 1 aliphatic heterocycles. The Kier molecular flexibility index (Phi) is 5.88. The minimum absolute atomic E-state index is 0.0849. The highest BCUT2D eigenvalue weighted by molar-refractivity contribution is 6.00. The molecule has 4 rings (SSSR count). The first-order chi connectivity index (χ1) is 15.0. The maximum Gasteiger partial charge on any atom is 0.251 e. The summed E-state index contributed by atoms with van der Waals surface area (Å²) in [6.07, 6.45) is 1.99. The normalized spacial score (nSPS) is 15.8. The molecule has 1 unspecified atom stereocenters. The average molecular weight is 420 g/mol. The third-order valence-electron chi connectivity index (χ3n) is 5.41. The van der Waals surface area contributed by atoms with Gasteiger partial charge >= 0.3 is 0 Å². The lowest BCUT2D eigenvalue weighted by atomic mass is 10.1. The molecule has 0 bridgehead atoms. The fourth-order valence-electron chi connectivity index (χ4n) is 3.69. The molecule has 1 aliphatic rings. The Bertz CT molecular complexity index is 1110. The second-order valence-corrected chi connectivity index (χ2v) is 7.43. The molecule has 8 nitrogen and oxygen atoms in total. The van der Waals surface area contributed by atoms with Crippen molar-refractivity contribution in [3.63, 3.8) is 0 Å². The van der Waals surface area contributed by atoms with E-state index in [1.54, 1.807) is 48.4 Å². The first-order valence-corrected chi connectivity index (χ1v) is 10.1. The summed E-state index contributed by atoms with van der Waals surface area (Å²) >= 11 is 0. The Hall–Kier alpha value is -3.81. The third-order valence-corrected chi connectivity index (χ3v) is 5.41. The number of nitrogens with zero attached hydrogens (tertiary/aromatic N) is 1. The minimum Gasteiger partial charge on any atom is -0.497 e. The number of carbonyl (C=O) groups excluding carboxylic acids is 3. The summed E-state index contributed by atoms with van der Waals surface area (Å²) in [7, 11) is 1.58. The van der Waals surface area contributed by atoms with Gasteiger partial charge in [0.05, 0.1) is 13.0 Å². The molecule has 0 aliphatic carbocycles. The van der Waals surface area contributed by atoms with E-state index >= 15 is 0 Å². The van der Waals surface area contributed by atoms with E-state index in [4.69, 9.17) is 4.74 Å². The Morgan fingerprint density at radius 3 is 2.65 bits per heavy atom. The Morgan fingerprint density at radius 2 is 1.87 bits per heavy atom. The van der Waals surface area contributed by atoms with Crippen molar-refractivity contribution < 1.29 is 19.1 Å². The molecule has 1 fully saturated rings. The van der Waals surface area contributed by atoms with Gasteiger partial charge in [0.15, 0.2) is 0 Å². The van der Waals surface area contributed by atoms with Gasteiger partial charge in [-0.3, -0.25) is 14.4 Å². The van der Waals surface area contributed by atoms with E-state index in [2.05, 4.69) is 15.6 Å². The highest BCUT2D eigenvalue weighted by Gasteiger charge is 2.34. The van der Waals surface area contributed by atoms with Crippen LogP contribution in [-0.2, 0) is 9.59 Å². The molecule has 1 atom stereocenters. The van der Waals surface area contributed by atoms with Crippen LogP contribution in [0.25, 0.3) is 10.9 Å². The summed E-state index contributed by atoms with van der Waals surface area (Å²) in [5.41, 5.74) is 2.19. The number of amides is 3. The molecule has 160 valence electrons. The number of anilines is 1. The maximum atomic E-state index is 12.5. The van der Waals surface area contributed by atoms with E-state index in [1.807, 2.05) is 18.3 Å². The van der Waals surface area contributed by atoms with Gasteiger partial charge in [-0.05, 0) is 47.9 Å². The number of H-pyrrole nitrogens is 1. The van der Waals surface area contributed by atoms with Crippen molar-refractivity contribution in [3.8, 4) is 5.75 Å². The summed E-state index contributed by atoms with van der Waals surface area (Å²) in [4.78, 5) is 41.8. The first kappa shape index (κ1) is 20.5. The quantitative estimate of drug-likeness (QED) is 0.509. The second kappa shape index (κ2) is 8.91. The molecule has 3 N–H and O–H groups in total. The number of ether oxygens (including phenoxy) is 1. The smallest absolute Gasteiger partial charge is 0.251 e. The highest BCUT2D eigenvalue weighted by Crippen LogP contribution is 2.26. The van der Waals surface area contributed by atoms with Crippen LogP contribution in [0.15, 0.2) is 54.7 Å². The number of carbonyl (C=O) groups is 3. The predicted molar refractivity (Wildman–Crippen MR) is 117 cm³/mol. The number of hydrogen-bond acceptors (Lipinski definition) is 4. The second-order valence-electron chi connectivity index (χ2n) is 7.43. The molecular weight excluding hydrogens is 396 g/mol. The minimum atomic E-state index is -0.416. The van der Waals surface area contributed by atoms with Crippen molar-refractivity contribution in [2.24, 2.45) is 5.92 Å². The van der Waals surface area contributed by atoms with Crippen LogP contribution in [0, 0.1) is 5.92 Å². The molecule has 1 aromatic heterocycles. The predicted octanol–water partition coefficient (Wildman–Crippen LogP) is 2.08. The van der Waals surface area contributed by atoms with Gasteiger partial charge in [-0.1, -0.05) is 6.07 Å². The lowest BCUT2D eigenvalue weighted by Gasteiger charge is -2.17. The van der Waals surface area contributed by atoms with Gasteiger partial charge < -0.3 is 25.3 Å². The molecular formula is C23H24N4O4. The van der Waals surface area contributed by atoms with Gasteiger partial charge in [-0.25, -0.2) is 0 Å². The monoisotopic (exact) mass is 420 g/mol. The molecule has 2 aromatic carbocycles. The van der Waals surface area contributed by atoms with E-state index < -0.39 is 5.92 Å².